The summed E-state index contributed by atoms with van der Waals surface area (Å²) in [6.45, 7) is 2.91. The summed E-state index contributed by atoms with van der Waals surface area (Å²) in [5, 5.41) is 0. The van der Waals surface area contributed by atoms with E-state index >= 15 is 0 Å². The summed E-state index contributed by atoms with van der Waals surface area (Å²) >= 11 is 5.88. The first-order valence-corrected chi connectivity index (χ1v) is 6.65. The number of carbonyl (C=O) groups is 1. The van der Waals surface area contributed by atoms with Crippen molar-refractivity contribution in [1.82, 2.24) is 4.90 Å². The molecule has 0 bridgehead atoms. The molecule has 1 amide bonds. The van der Waals surface area contributed by atoms with Crippen molar-refractivity contribution in [2.24, 2.45) is 0 Å². The molecule has 1 aromatic rings. The van der Waals surface area contributed by atoms with Crippen LogP contribution in [-0.4, -0.2) is 29.3 Å². The van der Waals surface area contributed by atoms with Crippen LogP contribution < -0.4 is 0 Å². The third-order valence-corrected chi connectivity index (χ3v) is 3.71. The van der Waals surface area contributed by atoms with Crippen molar-refractivity contribution >= 4 is 17.5 Å². The van der Waals surface area contributed by atoms with Gasteiger partial charge in [0.25, 0.3) is 0 Å². The summed E-state index contributed by atoms with van der Waals surface area (Å²) in [6.07, 6.45) is 2.62. The SMILES string of the molecule is Cc1ccc(CC(=O)N2CCCC2CCl)cc1. The Balaban J connectivity index is 1.99. The fourth-order valence-electron chi connectivity index (χ4n) is 2.31. The Hall–Kier alpha value is -1.02. The Morgan fingerprint density at radius 3 is 2.76 bits per heavy atom. The minimum Gasteiger partial charge on any atom is -0.338 e. The van der Waals surface area contributed by atoms with E-state index in [9.17, 15) is 4.79 Å². The first-order chi connectivity index (χ1) is 8.20. The van der Waals surface area contributed by atoms with E-state index in [4.69, 9.17) is 11.6 Å². The summed E-state index contributed by atoms with van der Waals surface area (Å²) in [5.41, 5.74) is 2.31. The third-order valence-electron chi connectivity index (χ3n) is 3.35. The number of alkyl halides is 1. The second kappa shape index (κ2) is 5.54. The minimum atomic E-state index is 0.206. The molecular formula is C14H18ClNO. The first kappa shape index (κ1) is 12.4. The summed E-state index contributed by atoms with van der Waals surface area (Å²) in [5.74, 6) is 0.761. The number of nitrogens with zero attached hydrogens (tertiary/aromatic N) is 1. The predicted molar refractivity (Wildman–Crippen MR) is 70.3 cm³/mol. The molecule has 0 radical (unpaired) electrons. The molecule has 17 heavy (non-hydrogen) atoms. The summed E-state index contributed by atoms with van der Waals surface area (Å²) in [7, 11) is 0. The van der Waals surface area contributed by atoms with E-state index in [1.54, 1.807) is 0 Å². The zero-order valence-electron chi connectivity index (χ0n) is 10.2. The van der Waals surface area contributed by atoms with Crippen LogP contribution in [0.2, 0.25) is 0 Å². The lowest BCUT2D eigenvalue weighted by Crippen LogP contribution is -2.37. The third kappa shape index (κ3) is 3.01. The van der Waals surface area contributed by atoms with Gasteiger partial charge in [0.1, 0.15) is 0 Å². The number of hydrogen-bond acceptors (Lipinski definition) is 1. The number of halogens is 1. The van der Waals surface area contributed by atoms with Gasteiger partial charge in [0.05, 0.1) is 6.42 Å². The molecule has 0 N–H and O–H groups in total. The number of amides is 1. The van der Waals surface area contributed by atoms with Crippen LogP contribution >= 0.6 is 11.6 Å². The van der Waals surface area contributed by atoms with Gasteiger partial charge in [0.2, 0.25) is 5.91 Å². The van der Waals surface area contributed by atoms with Gasteiger partial charge in [-0.1, -0.05) is 29.8 Å². The molecule has 0 saturated carbocycles. The Bertz CT molecular complexity index is 388. The highest BCUT2D eigenvalue weighted by Crippen LogP contribution is 2.19. The molecule has 0 spiro atoms. The van der Waals surface area contributed by atoms with E-state index in [0.29, 0.717) is 12.3 Å². The van der Waals surface area contributed by atoms with Gasteiger partial charge in [-0.3, -0.25) is 4.79 Å². The lowest BCUT2D eigenvalue weighted by molar-refractivity contribution is -0.130. The van der Waals surface area contributed by atoms with Crippen molar-refractivity contribution < 1.29 is 4.79 Å². The van der Waals surface area contributed by atoms with Gasteiger partial charge in [-0.15, -0.1) is 11.6 Å². The van der Waals surface area contributed by atoms with Crippen molar-refractivity contribution in [3.63, 3.8) is 0 Å². The van der Waals surface area contributed by atoms with Crippen LogP contribution in [0, 0.1) is 6.92 Å². The largest absolute Gasteiger partial charge is 0.338 e. The molecular weight excluding hydrogens is 234 g/mol. The first-order valence-electron chi connectivity index (χ1n) is 6.11. The summed E-state index contributed by atoms with van der Waals surface area (Å²) in [4.78, 5) is 14.1. The Kier molecular flexibility index (Phi) is 4.06. The van der Waals surface area contributed by atoms with Crippen LogP contribution in [0.3, 0.4) is 0 Å². The fourth-order valence-corrected chi connectivity index (χ4v) is 2.63. The van der Waals surface area contributed by atoms with Crippen LogP contribution in [-0.2, 0) is 11.2 Å². The van der Waals surface area contributed by atoms with Crippen molar-refractivity contribution in [3.8, 4) is 0 Å². The summed E-state index contributed by atoms with van der Waals surface area (Å²) < 4.78 is 0. The Labute approximate surface area is 108 Å². The molecule has 1 heterocycles. The van der Waals surface area contributed by atoms with Gasteiger partial charge >= 0.3 is 0 Å². The smallest absolute Gasteiger partial charge is 0.227 e. The van der Waals surface area contributed by atoms with Gasteiger partial charge < -0.3 is 4.90 Å². The van der Waals surface area contributed by atoms with Crippen LogP contribution in [0.1, 0.15) is 24.0 Å². The van der Waals surface area contributed by atoms with E-state index in [1.165, 1.54) is 5.56 Å². The van der Waals surface area contributed by atoms with Crippen LogP contribution in [0.4, 0.5) is 0 Å². The van der Waals surface area contributed by atoms with Gasteiger partial charge in [-0.05, 0) is 25.3 Å². The van der Waals surface area contributed by atoms with Crippen molar-refractivity contribution in [1.29, 1.82) is 0 Å². The lowest BCUT2D eigenvalue weighted by atomic mass is 10.1. The number of likely N-dealkylation sites (tertiary alicyclic amines) is 1. The number of carbonyl (C=O) groups excluding carboxylic acids is 1. The topological polar surface area (TPSA) is 20.3 Å². The standard InChI is InChI=1S/C14H18ClNO/c1-11-4-6-12(7-5-11)9-14(17)16-8-2-3-13(16)10-15/h4-7,13H,2-3,8-10H2,1H3. The normalized spacial score (nSPS) is 19.6. The molecule has 3 heteroatoms. The average molecular weight is 252 g/mol. The number of benzene rings is 1. The van der Waals surface area contributed by atoms with Crippen LogP contribution in [0.5, 0.6) is 0 Å². The molecule has 2 nitrogen and oxygen atoms in total. The van der Waals surface area contributed by atoms with Gasteiger partial charge in [-0.25, -0.2) is 0 Å². The highest BCUT2D eigenvalue weighted by atomic mass is 35.5. The molecule has 1 fully saturated rings. The maximum Gasteiger partial charge on any atom is 0.227 e. The van der Waals surface area contributed by atoms with Crippen molar-refractivity contribution in [3.05, 3.63) is 35.4 Å². The zero-order chi connectivity index (χ0) is 12.3. The molecule has 1 saturated heterocycles. The molecule has 0 aromatic heterocycles. The van der Waals surface area contributed by atoms with Gasteiger partial charge in [-0.2, -0.15) is 0 Å². The van der Waals surface area contributed by atoms with Crippen molar-refractivity contribution in [2.45, 2.75) is 32.2 Å². The van der Waals surface area contributed by atoms with Crippen LogP contribution in [0.25, 0.3) is 0 Å². The molecule has 1 atom stereocenters. The predicted octanol–water partition coefficient (Wildman–Crippen LogP) is 2.77. The average Bonchev–Trinajstić information content (AvgIpc) is 2.80. The van der Waals surface area contributed by atoms with E-state index in [1.807, 2.05) is 29.2 Å². The van der Waals surface area contributed by atoms with Gasteiger partial charge in [0, 0.05) is 18.5 Å². The monoisotopic (exact) mass is 251 g/mol. The molecule has 2 rings (SSSR count). The Morgan fingerprint density at radius 2 is 2.12 bits per heavy atom. The van der Waals surface area contributed by atoms with Crippen LogP contribution in [0.15, 0.2) is 24.3 Å². The molecule has 0 aliphatic carbocycles. The Morgan fingerprint density at radius 1 is 1.41 bits per heavy atom. The molecule has 1 aromatic carbocycles. The lowest BCUT2D eigenvalue weighted by Gasteiger charge is -2.23. The second-order valence-corrected chi connectivity index (χ2v) is 5.01. The highest BCUT2D eigenvalue weighted by molar-refractivity contribution is 6.18. The fraction of sp³-hybridized carbons (Fsp3) is 0.500. The maximum absolute atomic E-state index is 12.1. The molecule has 1 aliphatic heterocycles. The second-order valence-electron chi connectivity index (χ2n) is 4.70. The highest BCUT2D eigenvalue weighted by Gasteiger charge is 2.27. The zero-order valence-corrected chi connectivity index (χ0v) is 10.9. The summed E-state index contributed by atoms with van der Waals surface area (Å²) in [6, 6.07) is 8.39. The molecule has 1 unspecified atom stereocenters. The van der Waals surface area contributed by atoms with E-state index < -0.39 is 0 Å². The quantitative estimate of drug-likeness (QED) is 0.757. The minimum absolute atomic E-state index is 0.206. The van der Waals surface area contributed by atoms with Gasteiger partial charge in [0.15, 0.2) is 0 Å². The number of aryl methyl sites for hydroxylation is 1. The van der Waals surface area contributed by atoms with E-state index in [0.717, 1.165) is 24.9 Å². The van der Waals surface area contributed by atoms with Crippen molar-refractivity contribution in [2.75, 3.05) is 12.4 Å². The maximum atomic E-state index is 12.1. The number of rotatable bonds is 3. The number of hydrogen-bond donors (Lipinski definition) is 0. The molecule has 92 valence electrons. The van der Waals surface area contributed by atoms with E-state index in [-0.39, 0.29) is 11.9 Å². The molecule has 1 aliphatic rings. The van der Waals surface area contributed by atoms with E-state index in [2.05, 4.69) is 6.92 Å².